The Morgan fingerprint density at radius 1 is 0.931 bits per heavy atom. The monoisotopic (exact) mass is 389 g/mol. The second kappa shape index (κ2) is 9.41. The van der Waals surface area contributed by atoms with Gasteiger partial charge in [-0.1, -0.05) is 30.3 Å². The summed E-state index contributed by atoms with van der Waals surface area (Å²) in [5, 5.41) is 2.82. The summed E-state index contributed by atoms with van der Waals surface area (Å²) >= 11 is 0. The number of hydrogen-bond donors (Lipinski definition) is 2. The van der Waals surface area contributed by atoms with Gasteiger partial charge in [0, 0.05) is 31.3 Å². The van der Waals surface area contributed by atoms with E-state index in [2.05, 4.69) is 5.32 Å². The van der Waals surface area contributed by atoms with E-state index in [1.165, 1.54) is 0 Å². The first-order chi connectivity index (χ1) is 14.0. The Hall–Kier alpha value is -3.80. The van der Waals surface area contributed by atoms with Crippen LogP contribution in [0.2, 0.25) is 0 Å². The van der Waals surface area contributed by atoms with Gasteiger partial charge in [0.15, 0.2) is 5.75 Å². The van der Waals surface area contributed by atoms with Crippen molar-refractivity contribution in [3.05, 3.63) is 84.4 Å². The molecule has 0 fully saturated rings. The summed E-state index contributed by atoms with van der Waals surface area (Å²) in [4.78, 5) is 25.4. The molecule has 2 amide bonds. The fraction of sp³-hybridized carbons (Fsp3) is 0.130. The second-order valence-electron chi connectivity index (χ2n) is 6.54. The van der Waals surface area contributed by atoms with E-state index < -0.39 is 5.91 Å². The number of amides is 2. The molecule has 0 atom stereocenters. The van der Waals surface area contributed by atoms with Gasteiger partial charge in [-0.25, -0.2) is 0 Å². The SMILES string of the molecule is CN(CCC(=O)Nc1ccc(C(N)=O)cc1)c1ccccc1Oc1ccccc1. The van der Waals surface area contributed by atoms with Crippen molar-refractivity contribution >= 4 is 23.2 Å². The van der Waals surface area contributed by atoms with Crippen molar-refractivity contribution in [2.75, 3.05) is 23.8 Å². The van der Waals surface area contributed by atoms with Crippen molar-refractivity contribution in [3.8, 4) is 11.5 Å². The van der Waals surface area contributed by atoms with Crippen LogP contribution in [0.5, 0.6) is 11.5 Å². The molecule has 0 spiro atoms. The standard InChI is InChI=1S/C23H23N3O3/c1-26(16-15-22(27)25-18-13-11-17(12-14-18)23(24)28)20-9-5-6-10-21(20)29-19-7-3-2-4-8-19/h2-14H,15-16H2,1H3,(H2,24,28)(H,25,27). The van der Waals surface area contributed by atoms with Gasteiger partial charge in [0.05, 0.1) is 5.69 Å². The molecule has 148 valence electrons. The molecule has 0 aliphatic rings. The highest BCUT2D eigenvalue weighted by Gasteiger charge is 2.11. The average Bonchev–Trinajstić information content (AvgIpc) is 2.73. The maximum Gasteiger partial charge on any atom is 0.248 e. The number of nitrogens with zero attached hydrogens (tertiary/aromatic N) is 1. The van der Waals surface area contributed by atoms with Crippen molar-refractivity contribution in [2.45, 2.75) is 6.42 Å². The average molecular weight is 389 g/mol. The van der Waals surface area contributed by atoms with Crippen LogP contribution in [0.3, 0.4) is 0 Å². The van der Waals surface area contributed by atoms with E-state index in [1.807, 2.05) is 66.5 Å². The summed E-state index contributed by atoms with van der Waals surface area (Å²) in [6.07, 6.45) is 0.299. The van der Waals surface area contributed by atoms with Crippen molar-refractivity contribution < 1.29 is 14.3 Å². The van der Waals surface area contributed by atoms with Gasteiger partial charge in [0.1, 0.15) is 5.75 Å². The zero-order valence-electron chi connectivity index (χ0n) is 16.2. The molecule has 0 unspecified atom stereocenters. The molecular formula is C23H23N3O3. The van der Waals surface area contributed by atoms with Crippen LogP contribution < -0.4 is 20.7 Å². The highest BCUT2D eigenvalue weighted by Crippen LogP contribution is 2.31. The molecule has 0 aliphatic heterocycles. The molecule has 0 bridgehead atoms. The molecule has 0 radical (unpaired) electrons. The highest BCUT2D eigenvalue weighted by atomic mass is 16.5. The molecule has 0 saturated heterocycles. The predicted molar refractivity (Wildman–Crippen MR) is 114 cm³/mol. The van der Waals surface area contributed by atoms with Crippen molar-refractivity contribution in [1.29, 1.82) is 0 Å². The number of carbonyl (C=O) groups is 2. The normalized spacial score (nSPS) is 10.2. The number of hydrogen-bond acceptors (Lipinski definition) is 4. The third-order valence-electron chi connectivity index (χ3n) is 4.37. The smallest absolute Gasteiger partial charge is 0.248 e. The number of ether oxygens (including phenoxy) is 1. The van der Waals surface area contributed by atoms with E-state index in [0.717, 1.165) is 17.2 Å². The van der Waals surface area contributed by atoms with Crippen LogP contribution in [0, 0.1) is 0 Å². The van der Waals surface area contributed by atoms with E-state index in [1.54, 1.807) is 24.3 Å². The highest BCUT2D eigenvalue weighted by molar-refractivity contribution is 5.94. The molecule has 0 aromatic heterocycles. The third kappa shape index (κ3) is 5.59. The van der Waals surface area contributed by atoms with Crippen LogP contribution >= 0.6 is 0 Å². The molecule has 6 heteroatoms. The van der Waals surface area contributed by atoms with Gasteiger partial charge in [-0.05, 0) is 48.5 Å². The van der Waals surface area contributed by atoms with Crippen molar-refractivity contribution in [3.63, 3.8) is 0 Å². The molecule has 6 nitrogen and oxygen atoms in total. The molecular weight excluding hydrogens is 366 g/mol. The maximum absolute atomic E-state index is 12.3. The lowest BCUT2D eigenvalue weighted by Crippen LogP contribution is -2.24. The number of benzene rings is 3. The Morgan fingerprint density at radius 2 is 1.59 bits per heavy atom. The van der Waals surface area contributed by atoms with Crippen LogP contribution in [0.15, 0.2) is 78.9 Å². The number of para-hydroxylation sites is 3. The molecule has 3 aromatic rings. The van der Waals surface area contributed by atoms with Crippen LogP contribution in [0.1, 0.15) is 16.8 Å². The summed E-state index contributed by atoms with van der Waals surface area (Å²) in [7, 11) is 1.92. The maximum atomic E-state index is 12.3. The summed E-state index contributed by atoms with van der Waals surface area (Å²) in [5.41, 5.74) is 7.14. The Morgan fingerprint density at radius 3 is 2.28 bits per heavy atom. The Labute approximate surface area is 169 Å². The van der Waals surface area contributed by atoms with Gasteiger partial charge in [0.25, 0.3) is 0 Å². The van der Waals surface area contributed by atoms with Gasteiger partial charge in [0.2, 0.25) is 11.8 Å². The number of carbonyl (C=O) groups excluding carboxylic acids is 2. The third-order valence-corrected chi connectivity index (χ3v) is 4.37. The predicted octanol–water partition coefficient (Wildman–Crippen LogP) is 4.04. The minimum atomic E-state index is -0.499. The lowest BCUT2D eigenvalue weighted by Gasteiger charge is -2.22. The summed E-state index contributed by atoms with van der Waals surface area (Å²) in [5.74, 6) is 0.861. The zero-order chi connectivity index (χ0) is 20.6. The molecule has 29 heavy (non-hydrogen) atoms. The van der Waals surface area contributed by atoms with E-state index in [-0.39, 0.29) is 5.91 Å². The zero-order valence-corrected chi connectivity index (χ0v) is 16.2. The number of nitrogens with one attached hydrogen (secondary N) is 1. The molecule has 3 aromatic carbocycles. The van der Waals surface area contributed by atoms with Gasteiger partial charge in [-0.2, -0.15) is 0 Å². The first-order valence-corrected chi connectivity index (χ1v) is 9.26. The lowest BCUT2D eigenvalue weighted by atomic mass is 10.2. The van der Waals surface area contributed by atoms with Gasteiger partial charge in [-0.3, -0.25) is 9.59 Å². The van der Waals surface area contributed by atoms with Crippen LogP contribution in [0.4, 0.5) is 11.4 Å². The molecule has 0 saturated carbocycles. The van der Waals surface area contributed by atoms with Gasteiger partial charge in [-0.15, -0.1) is 0 Å². The van der Waals surface area contributed by atoms with Crippen molar-refractivity contribution in [1.82, 2.24) is 0 Å². The summed E-state index contributed by atoms with van der Waals surface area (Å²) < 4.78 is 5.98. The second-order valence-corrected chi connectivity index (χ2v) is 6.54. The largest absolute Gasteiger partial charge is 0.455 e. The van der Waals surface area contributed by atoms with Crippen molar-refractivity contribution in [2.24, 2.45) is 5.73 Å². The van der Waals surface area contributed by atoms with Crippen LogP contribution in [-0.4, -0.2) is 25.4 Å². The topological polar surface area (TPSA) is 84.7 Å². The van der Waals surface area contributed by atoms with Gasteiger partial charge < -0.3 is 20.7 Å². The molecule has 3 N–H and O–H groups in total. The first kappa shape index (κ1) is 19.9. The van der Waals surface area contributed by atoms with Gasteiger partial charge >= 0.3 is 0 Å². The van der Waals surface area contributed by atoms with Crippen LogP contribution in [0.25, 0.3) is 0 Å². The minimum absolute atomic E-state index is 0.120. The summed E-state index contributed by atoms with van der Waals surface area (Å²) in [6.45, 7) is 0.514. The first-order valence-electron chi connectivity index (χ1n) is 9.26. The van der Waals surface area contributed by atoms with Crippen LogP contribution in [-0.2, 0) is 4.79 Å². The Bertz CT molecular complexity index is 972. The fourth-order valence-electron chi connectivity index (χ4n) is 2.81. The van der Waals surface area contributed by atoms with E-state index in [0.29, 0.717) is 24.2 Å². The Balaban J connectivity index is 1.58. The number of anilines is 2. The lowest BCUT2D eigenvalue weighted by molar-refractivity contribution is -0.116. The van der Waals surface area contributed by atoms with E-state index in [9.17, 15) is 9.59 Å². The van der Waals surface area contributed by atoms with E-state index >= 15 is 0 Å². The summed E-state index contributed by atoms with van der Waals surface area (Å²) in [6, 6.07) is 23.8. The minimum Gasteiger partial charge on any atom is -0.455 e. The Kier molecular flexibility index (Phi) is 6.47. The number of rotatable bonds is 8. The molecule has 3 rings (SSSR count). The number of primary amides is 1. The molecule has 0 heterocycles. The number of nitrogens with two attached hydrogens (primary N) is 1. The fourth-order valence-corrected chi connectivity index (χ4v) is 2.81. The molecule has 0 aliphatic carbocycles. The van der Waals surface area contributed by atoms with E-state index in [4.69, 9.17) is 10.5 Å². The quantitative estimate of drug-likeness (QED) is 0.609.